The molecule has 0 atom stereocenters. The maximum atomic E-state index is 4.06. The van der Waals surface area contributed by atoms with E-state index in [-0.39, 0.29) is 0 Å². The van der Waals surface area contributed by atoms with Crippen LogP contribution >= 0.6 is 22.6 Å². The molecule has 0 aliphatic rings. The normalized spacial score (nSPS) is 13.9. The van der Waals surface area contributed by atoms with Gasteiger partial charge in [0.05, 0.1) is 8.07 Å². The minimum atomic E-state index is -1.23. The second kappa shape index (κ2) is 13.5. The number of hydrogen-bond donors (Lipinski definition) is 0. The maximum Gasteiger partial charge on any atom is 0.0858 e. The lowest BCUT2D eigenvalue weighted by Gasteiger charge is -2.20. The third kappa shape index (κ3) is 11.4. The van der Waals surface area contributed by atoms with E-state index in [4.69, 9.17) is 0 Å². The number of rotatable bonds is 13. The molecule has 0 N–H and O–H groups in total. The van der Waals surface area contributed by atoms with Gasteiger partial charge in [-0.25, -0.2) is 0 Å². The summed E-state index contributed by atoms with van der Waals surface area (Å²) in [6, 6.07) is 0. The Hall–Kier alpha value is 0.167. The Morgan fingerprint density at radius 3 is 1.83 bits per heavy atom. The smallest absolute Gasteiger partial charge is 0.0858 e. The van der Waals surface area contributed by atoms with Crippen molar-refractivity contribution in [2.45, 2.75) is 97.7 Å². The van der Waals surface area contributed by atoms with Crippen LogP contribution in [0.2, 0.25) is 19.6 Å². The van der Waals surface area contributed by atoms with Gasteiger partial charge in [0, 0.05) is 0 Å². The van der Waals surface area contributed by atoms with E-state index in [9.17, 15) is 0 Å². The van der Waals surface area contributed by atoms with E-state index in [1.165, 1.54) is 69.8 Å². The Balaban J connectivity index is 5.01. The van der Waals surface area contributed by atoms with E-state index in [1.807, 2.05) is 0 Å². The van der Waals surface area contributed by atoms with E-state index in [0.29, 0.717) is 0 Å². The van der Waals surface area contributed by atoms with Gasteiger partial charge in [0.25, 0.3) is 0 Å². The van der Waals surface area contributed by atoms with E-state index in [1.54, 1.807) is 8.78 Å². The van der Waals surface area contributed by atoms with Crippen molar-refractivity contribution >= 4 is 30.7 Å². The first-order valence-electron chi connectivity index (χ1n) is 9.58. The van der Waals surface area contributed by atoms with Gasteiger partial charge in [0.15, 0.2) is 0 Å². The molecule has 0 aromatic rings. The second-order valence-electron chi connectivity index (χ2n) is 7.63. The van der Waals surface area contributed by atoms with Crippen molar-refractivity contribution in [1.29, 1.82) is 0 Å². The fraction of sp³-hybridized carbons (Fsp3) is 0.714. The quantitative estimate of drug-likeness (QED) is 0.115. The van der Waals surface area contributed by atoms with Crippen LogP contribution in [0.25, 0.3) is 0 Å². The molecule has 134 valence electrons. The first-order valence-corrected chi connectivity index (χ1v) is 14.2. The molecule has 2 heteroatoms. The third-order valence-corrected chi connectivity index (χ3v) is 11.4. The zero-order chi connectivity index (χ0) is 17.7. The van der Waals surface area contributed by atoms with Crippen LogP contribution in [-0.2, 0) is 0 Å². The number of halogens is 1. The molecular weight excluding hydrogens is 407 g/mol. The van der Waals surface area contributed by atoms with Gasteiger partial charge in [-0.15, -0.1) is 0 Å². The van der Waals surface area contributed by atoms with E-state index < -0.39 is 8.07 Å². The minimum absolute atomic E-state index is 1.19. The summed E-state index contributed by atoms with van der Waals surface area (Å²) in [5.74, 6) is 0. The van der Waals surface area contributed by atoms with Gasteiger partial charge in [-0.2, -0.15) is 0 Å². The van der Waals surface area contributed by atoms with Crippen LogP contribution in [-0.4, -0.2) is 8.07 Å². The highest BCUT2D eigenvalue weighted by atomic mass is 127. The first kappa shape index (κ1) is 23.2. The zero-order valence-electron chi connectivity index (χ0n) is 16.3. The fourth-order valence-corrected chi connectivity index (χ4v) is 4.27. The molecule has 0 spiro atoms. The molecule has 0 bridgehead atoms. The molecular formula is C21H39ISi. The van der Waals surface area contributed by atoms with Crippen LogP contribution in [0.15, 0.2) is 33.1 Å². The molecule has 0 aromatic carbocycles. The molecule has 0 radical (unpaired) electrons. The van der Waals surface area contributed by atoms with Gasteiger partial charge >= 0.3 is 0 Å². The molecule has 0 rings (SSSR count). The molecule has 23 heavy (non-hydrogen) atoms. The van der Waals surface area contributed by atoms with Crippen molar-refractivity contribution in [2.75, 3.05) is 0 Å². The van der Waals surface area contributed by atoms with Crippen LogP contribution in [0.5, 0.6) is 0 Å². The highest BCUT2D eigenvalue weighted by molar-refractivity contribution is 14.1. The average molecular weight is 447 g/mol. The largest absolute Gasteiger partial charge is 0.0988 e. The summed E-state index contributed by atoms with van der Waals surface area (Å²) < 4.78 is 1.65. The Morgan fingerprint density at radius 1 is 0.870 bits per heavy atom. The molecule has 0 heterocycles. The predicted molar refractivity (Wildman–Crippen MR) is 120 cm³/mol. The summed E-state index contributed by atoms with van der Waals surface area (Å²) in [6.07, 6.45) is 17.7. The lowest BCUT2D eigenvalue weighted by atomic mass is 10.0. The summed E-state index contributed by atoms with van der Waals surface area (Å²) in [5, 5.41) is 0. The summed E-state index contributed by atoms with van der Waals surface area (Å²) >= 11 is 2.63. The van der Waals surface area contributed by atoms with Gasteiger partial charge in [-0.3, -0.25) is 0 Å². The Morgan fingerprint density at radius 2 is 1.39 bits per heavy atom. The molecule has 0 aliphatic heterocycles. The molecule has 0 aliphatic carbocycles. The van der Waals surface area contributed by atoms with Gasteiger partial charge in [0.2, 0.25) is 0 Å². The van der Waals surface area contributed by atoms with Crippen molar-refractivity contribution in [1.82, 2.24) is 0 Å². The second-order valence-corrected chi connectivity index (χ2v) is 14.7. The summed E-state index contributed by atoms with van der Waals surface area (Å²) in [6.45, 7) is 16.0. The third-order valence-electron chi connectivity index (χ3n) is 4.18. The van der Waals surface area contributed by atoms with Gasteiger partial charge < -0.3 is 0 Å². The Labute approximate surface area is 161 Å². The van der Waals surface area contributed by atoms with Crippen molar-refractivity contribution in [2.24, 2.45) is 0 Å². The van der Waals surface area contributed by atoms with Crippen LogP contribution in [0, 0.1) is 0 Å². The molecule has 0 saturated heterocycles. The SMILES string of the molecule is C=CC(=CC(CCCCCC)=C(I)[Si](C)(C)C)CCCCCC. The molecule has 0 saturated carbocycles. The monoisotopic (exact) mass is 446 g/mol. The number of unbranched alkanes of at least 4 members (excludes halogenated alkanes) is 6. The van der Waals surface area contributed by atoms with Crippen molar-refractivity contribution in [3.05, 3.63) is 33.1 Å². The molecule has 0 amide bonds. The van der Waals surface area contributed by atoms with E-state index in [0.717, 1.165) is 0 Å². The lowest BCUT2D eigenvalue weighted by Crippen LogP contribution is -2.21. The summed E-state index contributed by atoms with van der Waals surface area (Å²) in [4.78, 5) is 0. The molecule has 0 fully saturated rings. The Kier molecular flexibility index (Phi) is 13.6. The Bertz CT molecular complexity index is 385. The summed E-state index contributed by atoms with van der Waals surface area (Å²) in [7, 11) is -1.23. The molecule has 0 nitrogen and oxygen atoms in total. The van der Waals surface area contributed by atoms with E-state index >= 15 is 0 Å². The molecule has 0 aromatic heterocycles. The standard InChI is InChI=1S/C21H39ISi/c1-7-10-12-14-16-19(9-3)18-20(17-15-13-11-8-2)21(22)23(4,5)6/h9,18H,3,7-8,10-17H2,1-2,4-6H3. The minimum Gasteiger partial charge on any atom is -0.0988 e. The highest BCUT2D eigenvalue weighted by Crippen LogP contribution is 2.30. The van der Waals surface area contributed by atoms with Crippen LogP contribution in [0.4, 0.5) is 0 Å². The average Bonchev–Trinajstić information content (AvgIpc) is 2.51. The maximum absolute atomic E-state index is 4.06. The fourth-order valence-electron chi connectivity index (χ4n) is 2.68. The number of allylic oxidation sites excluding steroid dienone is 4. The van der Waals surface area contributed by atoms with Gasteiger partial charge in [-0.05, 0) is 40.0 Å². The van der Waals surface area contributed by atoms with Crippen LogP contribution < -0.4 is 0 Å². The topological polar surface area (TPSA) is 0 Å². The highest BCUT2D eigenvalue weighted by Gasteiger charge is 2.20. The summed E-state index contributed by atoms with van der Waals surface area (Å²) in [5.41, 5.74) is 3.05. The molecule has 0 unspecified atom stereocenters. The lowest BCUT2D eigenvalue weighted by molar-refractivity contribution is 0.663. The zero-order valence-corrected chi connectivity index (χ0v) is 19.5. The first-order chi connectivity index (χ1) is 10.9. The van der Waals surface area contributed by atoms with E-state index in [2.05, 4.69) is 74.8 Å². The van der Waals surface area contributed by atoms with Crippen molar-refractivity contribution in [3.63, 3.8) is 0 Å². The van der Waals surface area contributed by atoms with Crippen LogP contribution in [0.1, 0.15) is 78.1 Å². The van der Waals surface area contributed by atoms with Gasteiger partial charge in [-0.1, -0.05) is 113 Å². The predicted octanol–water partition coefficient (Wildman–Crippen LogP) is 8.61. The number of hydrogen-bond acceptors (Lipinski definition) is 0. The van der Waals surface area contributed by atoms with Crippen molar-refractivity contribution < 1.29 is 0 Å². The van der Waals surface area contributed by atoms with Gasteiger partial charge in [0.1, 0.15) is 0 Å². The van der Waals surface area contributed by atoms with Crippen LogP contribution in [0.3, 0.4) is 0 Å². The van der Waals surface area contributed by atoms with Crippen molar-refractivity contribution in [3.8, 4) is 0 Å².